The standard InChI is InChI=1S/C4H11N5O/c5-1-4(10)2-9-3-6-7-8-9/h3-4,7-8,10H,1-2,5H2. The number of nitrogens with two attached hydrogens (primary N) is 1. The van der Waals surface area contributed by atoms with Gasteiger partial charge in [-0.1, -0.05) is 0 Å². The monoisotopic (exact) mass is 145 g/mol. The molecule has 1 unspecified atom stereocenters. The molecule has 0 fully saturated rings. The quantitative estimate of drug-likeness (QED) is 0.355. The SMILES string of the molecule is NCC(O)CN1C=NNN1. The molecule has 0 aromatic carbocycles. The maximum atomic E-state index is 9.02. The van der Waals surface area contributed by atoms with Gasteiger partial charge in [-0.15, -0.1) is 5.53 Å². The Bertz CT molecular complexity index is 127. The minimum absolute atomic E-state index is 0.256. The lowest BCUT2D eigenvalue weighted by Gasteiger charge is -2.16. The van der Waals surface area contributed by atoms with Crippen LogP contribution in [0.5, 0.6) is 0 Å². The molecule has 10 heavy (non-hydrogen) atoms. The number of aliphatic hydroxyl groups is 1. The van der Waals surface area contributed by atoms with Gasteiger partial charge in [0.05, 0.1) is 12.6 Å². The lowest BCUT2D eigenvalue weighted by Crippen LogP contribution is -2.43. The third-order valence-corrected chi connectivity index (χ3v) is 1.13. The maximum Gasteiger partial charge on any atom is 0.128 e. The van der Waals surface area contributed by atoms with Crippen LogP contribution in [0, 0.1) is 0 Å². The number of hydrazine groups is 2. The molecule has 0 saturated carbocycles. The Morgan fingerprint density at radius 3 is 3.10 bits per heavy atom. The normalized spacial score (nSPS) is 19.2. The summed E-state index contributed by atoms with van der Waals surface area (Å²) in [5.74, 6) is 0. The van der Waals surface area contributed by atoms with Crippen molar-refractivity contribution in [3.05, 3.63) is 0 Å². The Labute approximate surface area is 58.6 Å². The number of β-amino-alcohol motifs (C(OH)–C–C–N with tert-alkyl or cyclic N) is 1. The summed E-state index contributed by atoms with van der Waals surface area (Å²) in [6, 6.07) is 0. The van der Waals surface area contributed by atoms with E-state index < -0.39 is 6.10 Å². The van der Waals surface area contributed by atoms with E-state index in [0.29, 0.717) is 6.54 Å². The third-order valence-electron chi connectivity index (χ3n) is 1.13. The Morgan fingerprint density at radius 1 is 1.80 bits per heavy atom. The van der Waals surface area contributed by atoms with Crippen LogP contribution in [0.3, 0.4) is 0 Å². The van der Waals surface area contributed by atoms with Crippen LogP contribution >= 0.6 is 0 Å². The molecule has 0 radical (unpaired) electrons. The van der Waals surface area contributed by atoms with Crippen molar-refractivity contribution in [1.29, 1.82) is 0 Å². The fraction of sp³-hybridized carbons (Fsp3) is 0.750. The number of hydrazone groups is 1. The highest BCUT2D eigenvalue weighted by molar-refractivity contribution is 5.54. The molecule has 5 N–H and O–H groups in total. The molecule has 1 rings (SSSR count). The first kappa shape index (κ1) is 7.26. The van der Waals surface area contributed by atoms with Crippen molar-refractivity contribution < 1.29 is 5.11 Å². The molecule has 0 saturated heterocycles. The summed E-state index contributed by atoms with van der Waals surface area (Å²) in [7, 11) is 0. The molecule has 0 amide bonds. The number of nitrogens with zero attached hydrogens (tertiary/aromatic N) is 2. The van der Waals surface area contributed by atoms with Gasteiger partial charge in [-0.05, 0) is 0 Å². The van der Waals surface area contributed by atoms with Gasteiger partial charge in [-0.25, -0.2) is 5.53 Å². The zero-order valence-corrected chi connectivity index (χ0v) is 5.49. The van der Waals surface area contributed by atoms with Crippen LogP contribution in [-0.4, -0.2) is 35.6 Å². The number of nitrogens with one attached hydrogen (secondary N) is 2. The lowest BCUT2D eigenvalue weighted by atomic mass is 10.3. The van der Waals surface area contributed by atoms with Crippen LogP contribution in [0.4, 0.5) is 0 Å². The summed E-state index contributed by atoms with van der Waals surface area (Å²) in [6.07, 6.45) is 1.03. The largest absolute Gasteiger partial charge is 0.390 e. The van der Waals surface area contributed by atoms with E-state index in [-0.39, 0.29) is 6.54 Å². The molecule has 1 aliphatic heterocycles. The first-order valence-corrected chi connectivity index (χ1v) is 3.01. The van der Waals surface area contributed by atoms with Crippen molar-refractivity contribution >= 4 is 6.34 Å². The highest BCUT2D eigenvalue weighted by atomic mass is 16.3. The Hall–Kier alpha value is -0.850. The molecule has 6 heteroatoms. The van der Waals surface area contributed by atoms with E-state index >= 15 is 0 Å². The second-order valence-electron chi connectivity index (χ2n) is 2.01. The second-order valence-corrected chi connectivity index (χ2v) is 2.01. The topological polar surface area (TPSA) is 85.9 Å². The molecular weight excluding hydrogens is 134 g/mol. The van der Waals surface area contributed by atoms with Gasteiger partial charge in [0.1, 0.15) is 6.34 Å². The fourth-order valence-electron chi connectivity index (χ4n) is 0.615. The van der Waals surface area contributed by atoms with Gasteiger partial charge in [0.25, 0.3) is 0 Å². The summed E-state index contributed by atoms with van der Waals surface area (Å²) in [5.41, 5.74) is 10.3. The molecule has 58 valence electrons. The van der Waals surface area contributed by atoms with Gasteiger partial charge in [0.15, 0.2) is 0 Å². The van der Waals surface area contributed by atoms with Crippen molar-refractivity contribution in [1.82, 2.24) is 16.1 Å². The second kappa shape index (κ2) is 3.35. The van der Waals surface area contributed by atoms with Gasteiger partial charge in [-0.2, -0.15) is 5.10 Å². The molecule has 0 bridgehead atoms. The highest BCUT2D eigenvalue weighted by Gasteiger charge is 2.08. The van der Waals surface area contributed by atoms with E-state index in [9.17, 15) is 0 Å². The van der Waals surface area contributed by atoms with Crippen molar-refractivity contribution in [2.75, 3.05) is 13.1 Å². The molecule has 1 atom stereocenters. The van der Waals surface area contributed by atoms with E-state index in [1.807, 2.05) is 0 Å². The predicted octanol–water partition coefficient (Wildman–Crippen LogP) is -2.43. The average molecular weight is 145 g/mol. The number of hydrogen-bond donors (Lipinski definition) is 4. The molecule has 1 heterocycles. The molecule has 6 nitrogen and oxygen atoms in total. The minimum Gasteiger partial charge on any atom is -0.390 e. The van der Waals surface area contributed by atoms with E-state index in [1.54, 1.807) is 11.3 Å². The molecule has 0 aromatic rings. The Morgan fingerprint density at radius 2 is 2.60 bits per heavy atom. The number of rotatable bonds is 3. The van der Waals surface area contributed by atoms with Crippen LogP contribution < -0.4 is 16.8 Å². The van der Waals surface area contributed by atoms with Gasteiger partial charge < -0.3 is 10.8 Å². The van der Waals surface area contributed by atoms with E-state index in [4.69, 9.17) is 10.8 Å². The summed E-state index contributed by atoms with van der Waals surface area (Å²) < 4.78 is 0. The first-order valence-electron chi connectivity index (χ1n) is 3.01. The zero-order valence-electron chi connectivity index (χ0n) is 5.49. The minimum atomic E-state index is -0.515. The van der Waals surface area contributed by atoms with Crippen LogP contribution in [0.2, 0.25) is 0 Å². The van der Waals surface area contributed by atoms with Gasteiger partial charge in [0.2, 0.25) is 0 Å². The van der Waals surface area contributed by atoms with Crippen LogP contribution in [0.25, 0.3) is 0 Å². The van der Waals surface area contributed by atoms with E-state index in [1.165, 1.54) is 0 Å². The average Bonchev–Trinajstić information content (AvgIpc) is 2.40. The van der Waals surface area contributed by atoms with Crippen LogP contribution in [0.15, 0.2) is 5.10 Å². The molecule has 1 aliphatic rings. The number of hydrogen-bond acceptors (Lipinski definition) is 6. The summed E-state index contributed by atoms with van der Waals surface area (Å²) in [4.78, 5) is 0. The molecule has 0 spiro atoms. The molecule has 0 aliphatic carbocycles. The molecular formula is C4H11N5O. The zero-order chi connectivity index (χ0) is 7.40. The maximum absolute atomic E-state index is 9.02. The summed E-state index contributed by atoms with van der Waals surface area (Å²) in [5, 5.41) is 14.3. The third kappa shape index (κ3) is 1.83. The predicted molar refractivity (Wildman–Crippen MR) is 36.5 cm³/mol. The van der Waals surface area contributed by atoms with Gasteiger partial charge in [-0.3, -0.25) is 5.01 Å². The van der Waals surface area contributed by atoms with E-state index in [0.717, 1.165) is 0 Å². The Kier molecular flexibility index (Phi) is 2.43. The van der Waals surface area contributed by atoms with Crippen molar-refractivity contribution in [2.24, 2.45) is 10.8 Å². The smallest absolute Gasteiger partial charge is 0.128 e. The van der Waals surface area contributed by atoms with E-state index in [2.05, 4.69) is 16.2 Å². The lowest BCUT2D eigenvalue weighted by molar-refractivity contribution is 0.131. The van der Waals surface area contributed by atoms with Crippen molar-refractivity contribution in [2.45, 2.75) is 6.10 Å². The van der Waals surface area contributed by atoms with Crippen LogP contribution in [0.1, 0.15) is 0 Å². The summed E-state index contributed by atoms with van der Waals surface area (Å²) in [6.45, 7) is 0.693. The number of aliphatic hydroxyl groups excluding tert-OH is 1. The Balaban J connectivity index is 2.18. The van der Waals surface area contributed by atoms with Crippen LogP contribution in [-0.2, 0) is 0 Å². The summed E-state index contributed by atoms with van der Waals surface area (Å²) >= 11 is 0. The fourth-order valence-corrected chi connectivity index (χ4v) is 0.615. The molecule has 0 aromatic heterocycles. The van der Waals surface area contributed by atoms with Crippen molar-refractivity contribution in [3.8, 4) is 0 Å². The first-order chi connectivity index (χ1) is 4.83. The van der Waals surface area contributed by atoms with Gasteiger partial charge >= 0.3 is 0 Å². The van der Waals surface area contributed by atoms with Gasteiger partial charge in [0, 0.05) is 6.54 Å². The van der Waals surface area contributed by atoms with Crippen molar-refractivity contribution in [3.63, 3.8) is 0 Å². The highest BCUT2D eigenvalue weighted by Crippen LogP contribution is 1.85.